The highest BCUT2D eigenvalue weighted by Crippen LogP contribution is 2.64. The summed E-state index contributed by atoms with van der Waals surface area (Å²) in [5.41, 5.74) is 0. The van der Waals surface area contributed by atoms with Crippen LogP contribution in [-0.4, -0.2) is 140 Å². The molecule has 294 valence electrons. The summed E-state index contributed by atoms with van der Waals surface area (Å²) >= 11 is 0. The lowest BCUT2D eigenvalue weighted by Gasteiger charge is -2.42. The first-order chi connectivity index (χ1) is 22.2. The lowest BCUT2D eigenvalue weighted by molar-refractivity contribution is -0.461. The van der Waals surface area contributed by atoms with E-state index in [9.17, 15) is 79.4 Å². The van der Waals surface area contributed by atoms with Gasteiger partial charge in [-0.05, 0) is 6.42 Å². The molecule has 0 aromatic rings. The van der Waals surface area contributed by atoms with Gasteiger partial charge in [0.1, 0.15) is 0 Å². The number of hydrogen-bond donors (Lipinski definition) is 1. The molecule has 0 unspecified atom stereocenters. The second kappa shape index (κ2) is 19.0. The molecule has 0 heterocycles. The SMILES string of the molecule is COCCOCCOCCCOCCOCCOCCNC(=O)CC(F)(F)C(F)(F)C(F)(F)C(F)(F)C(F)(F)C(F)(F)C(F)(F)C(F)(F)F. The van der Waals surface area contributed by atoms with Gasteiger partial charge in [-0.25, -0.2) is 0 Å². The van der Waals surface area contributed by atoms with E-state index in [1.165, 1.54) is 12.4 Å². The maximum absolute atomic E-state index is 13.9. The van der Waals surface area contributed by atoms with Crippen LogP contribution in [-0.2, 0) is 33.2 Å². The Morgan fingerprint density at radius 2 is 0.776 bits per heavy atom. The van der Waals surface area contributed by atoms with E-state index in [-0.39, 0.29) is 26.4 Å². The summed E-state index contributed by atoms with van der Waals surface area (Å²) in [6.45, 7) is 0.869. The number of hydrogen-bond acceptors (Lipinski definition) is 7. The van der Waals surface area contributed by atoms with Crippen LogP contribution in [0.25, 0.3) is 0 Å². The van der Waals surface area contributed by atoms with Gasteiger partial charge in [0.25, 0.3) is 0 Å². The van der Waals surface area contributed by atoms with Gasteiger partial charge in [0.2, 0.25) is 5.91 Å². The highest BCUT2D eigenvalue weighted by molar-refractivity contribution is 5.77. The van der Waals surface area contributed by atoms with Gasteiger partial charge in [-0.15, -0.1) is 0 Å². The van der Waals surface area contributed by atoms with E-state index in [4.69, 9.17) is 28.4 Å². The van der Waals surface area contributed by atoms with Gasteiger partial charge in [-0.2, -0.15) is 74.6 Å². The number of rotatable bonds is 27. The molecule has 0 aromatic carbocycles. The zero-order chi connectivity index (χ0) is 38.4. The maximum Gasteiger partial charge on any atom is 0.460 e. The predicted octanol–water partition coefficient (Wildman–Crippen LogP) is 5.62. The topological polar surface area (TPSA) is 84.5 Å². The Morgan fingerprint density at radius 1 is 0.449 bits per heavy atom. The normalized spacial score (nSPS) is 14.4. The molecule has 0 saturated carbocycles. The van der Waals surface area contributed by atoms with Crippen LogP contribution in [0.15, 0.2) is 0 Å². The number of carbonyl (C=O) groups excluding carboxylic acids is 1. The van der Waals surface area contributed by atoms with Gasteiger partial charge in [0.15, 0.2) is 0 Å². The van der Waals surface area contributed by atoms with Gasteiger partial charge < -0.3 is 33.7 Å². The van der Waals surface area contributed by atoms with Gasteiger partial charge in [-0.1, -0.05) is 0 Å². The van der Waals surface area contributed by atoms with Gasteiger partial charge in [-0.3, -0.25) is 4.79 Å². The molecule has 0 fully saturated rings. The van der Waals surface area contributed by atoms with Crippen molar-refractivity contribution < 1.29 is 108 Å². The second-order valence-electron chi connectivity index (χ2n) is 9.58. The number of amides is 1. The fourth-order valence-electron chi connectivity index (χ4n) is 3.10. The Morgan fingerprint density at radius 3 is 1.16 bits per heavy atom. The number of alkyl halides is 17. The maximum atomic E-state index is 13.9. The number of carbonyl (C=O) groups is 1. The molecule has 25 heteroatoms. The van der Waals surface area contributed by atoms with Crippen LogP contribution in [0.4, 0.5) is 74.6 Å². The van der Waals surface area contributed by atoms with Gasteiger partial charge in [0, 0.05) is 26.9 Å². The minimum atomic E-state index is -8.73. The third-order valence-electron chi connectivity index (χ3n) is 5.86. The number of halogens is 17. The molecule has 0 spiro atoms. The van der Waals surface area contributed by atoms with Crippen molar-refractivity contribution in [1.29, 1.82) is 0 Å². The smallest absolute Gasteiger partial charge is 0.382 e. The fourth-order valence-corrected chi connectivity index (χ4v) is 3.10. The second-order valence-corrected chi connectivity index (χ2v) is 9.58. The van der Waals surface area contributed by atoms with E-state index in [2.05, 4.69) is 0 Å². The summed E-state index contributed by atoms with van der Waals surface area (Å²) in [7, 11) is 1.53. The first-order valence-electron chi connectivity index (χ1n) is 13.6. The van der Waals surface area contributed by atoms with Crippen LogP contribution >= 0.6 is 0 Å². The summed E-state index contributed by atoms with van der Waals surface area (Å²) in [6, 6.07) is 0. The molecule has 0 atom stereocenters. The first-order valence-corrected chi connectivity index (χ1v) is 13.6. The highest BCUT2D eigenvalue weighted by atomic mass is 19.4. The first kappa shape index (κ1) is 47.0. The monoisotopic (exact) mass is 769 g/mol. The Bertz CT molecular complexity index is 969. The molecular weight excluding hydrogens is 737 g/mol. The predicted molar refractivity (Wildman–Crippen MR) is 129 cm³/mol. The van der Waals surface area contributed by atoms with Crippen molar-refractivity contribution in [2.45, 2.75) is 60.5 Å². The van der Waals surface area contributed by atoms with Crippen LogP contribution in [0, 0.1) is 0 Å². The molecule has 1 N–H and O–H groups in total. The molecule has 0 radical (unpaired) electrons. The molecule has 0 saturated heterocycles. The molecule has 0 rings (SSSR count). The minimum Gasteiger partial charge on any atom is -0.382 e. The molecule has 0 aliphatic rings. The van der Waals surface area contributed by atoms with Gasteiger partial charge in [0.05, 0.1) is 65.9 Å². The lowest BCUT2D eigenvalue weighted by Crippen LogP contribution is -2.74. The minimum absolute atomic E-state index is 0.0790. The molecule has 0 aromatic heterocycles. The van der Waals surface area contributed by atoms with Crippen molar-refractivity contribution >= 4 is 5.91 Å². The van der Waals surface area contributed by atoms with E-state index in [0.717, 1.165) is 0 Å². The quantitative estimate of drug-likeness (QED) is 0.0859. The van der Waals surface area contributed by atoms with Crippen LogP contribution in [0.1, 0.15) is 12.8 Å². The molecule has 49 heavy (non-hydrogen) atoms. The Balaban J connectivity index is 4.68. The van der Waals surface area contributed by atoms with E-state index in [1.54, 1.807) is 0 Å². The van der Waals surface area contributed by atoms with E-state index >= 15 is 0 Å². The zero-order valence-corrected chi connectivity index (χ0v) is 25.2. The van der Waals surface area contributed by atoms with Crippen LogP contribution in [0.5, 0.6) is 0 Å². The van der Waals surface area contributed by atoms with E-state index < -0.39 is 73.1 Å². The van der Waals surface area contributed by atoms with Crippen molar-refractivity contribution in [3.05, 3.63) is 0 Å². The molecule has 0 aliphatic carbocycles. The highest BCUT2D eigenvalue weighted by Gasteiger charge is 2.95. The molecule has 0 bridgehead atoms. The molecule has 8 nitrogen and oxygen atoms in total. The number of methoxy groups -OCH3 is 1. The third-order valence-corrected chi connectivity index (χ3v) is 5.86. The van der Waals surface area contributed by atoms with Crippen LogP contribution in [0.2, 0.25) is 0 Å². The van der Waals surface area contributed by atoms with Crippen molar-refractivity contribution in [3.8, 4) is 0 Å². The Kier molecular flexibility index (Phi) is 18.3. The zero-order valence-electron chi connectivity index (χ0n) is 25.2. The Labute approximate surface area is 266 Å². The van der Waals surface area contributed by atoms with Gasteiger partial charge >= 0.3 is 47.6 Å². The Hall–Kier alpha value is -1.96. The van der Waals surface area contributed by atoms with Crippen molar-refractivity contribution in [3.63, 3.8) is 0 Å². The third kappa shape index (κ3) is 11.8. The van der Waals surface area contributed by atoms with Crippen molar-refractivity contribution in [2.24, 2.45) is 0 Å². The number of nitrogens with one attached hydrogen (secondary N) is 1. The van der Waals surface area contributed by atoms with E-state index in [1.807, 2.05) is 0 Å². The summed E-state index contributed by atoms with van der Waals surface area (Å²) < 4.78 is 256. The molecule has 1 amide bonds. The lowest BCUT2D eigenvalue weighted by atomic mass is 9.88. The number of ether oxygens (including phenoxy) is 6. The fraction of sp³-hybridized carbons (Fsp3) is 0.958. The average molecular weight is 769 g/mol. The van der Waals surface area contributed by atoms with Crippen LogP contribution < -0.4 is 5.32 Å². The summed E-state index contributed by atoms with van der Waals surface area (Å²) in [5.74, 6) is -59.8. The van der Waals surface area contributed by atoms with Crippen molar-refractivity contribution in [2.75, 3.05) is 86.3 Å². The summed E-state index contributed by atoms with van der Waals surface area (Å²) in [4.78, 5) is 11.5. The molecule has 0 aliphatic heterocycles. The van der Waals surface area contributed by atoms with E-state index in [0.29, 0.717) is 46.1 Å². The summed E-state index contributed by atoms with van der Waals surface area (Å²) in [6.07, 6.45) is -10.5. The summed E-state index contributed by atoms with van der Waals surface area (Å²) in [5, 5.41) is 1.36. The van der Waals surface area contributed by atoms with Crippen molar-refractivity contribution in [1.82, 2.24) is 5.32 Å². The molecular formula is C24H32F17NO7. The average Bonchev–Trinajstić information content (AvgIpc) is 2.96. The standard InChI is InChI=1S/C24H32F17NO7/c1-44-7-8-48-12-9-45-4-2-5-46-10-13-49-14-11-47-6-3-42-16(43)15-17(25,26)18(27,28)19(29,30)20(31,32)21(33,34)22(35,36)23(37,38)24(39,40)41/h2-15H2,1H3,(H,42,43). The largest absolute Gasteiger partial charge is 0.460 e. The van der Waals surface area contributed by atoms with Crippen LogP contribution in [0.3, 0.4) is 0 Å².